The van der Waals surface area contributed by atoms with Crippen molar-refractivity contribution in [3.05, 3.63) is 29.8 Å². The first-order chi connectivity index (χ1) is 8.33. The Labute approximate surface area is 103 Å². The maximum Gasteiger partial charge on any atom is 0.0622 e. The van der Waals surface area contributed by atoms with Crippen LogP contribution in [-0.2, 0) is 11.3 Å². The first-order valence-electron chi connectivity index (χ1n) is 6.51. The van der Waals surface area contributed by atoms with Gasteiger partial charge in [0, 0.05) is 30.9 Å². The highest BCUT2D eigenvalue weighted by molar-refractivity contribution is 5.39. The lowest BCUT2D eigenvalue weighted by atomic mass is 10.1. The van der Waals surface area contributed by atoms with Crippen molar-refractivity contribution in [1.82, 2.24) is 4.90 Å². The molecular weight excluding hydrogens is 212 g/mol. The van der Waals surface area contributed by atoms with E-state index in [-0.39, 0.29) is 0 Å². The minimum atomic E-state index is 0.625. The molecule has 0 bridgehead atoms. The second-order valence-electron chi connectivity index (χ2n) is 5.16. The average Bonchev–Trinajstić information content (AvgIpc) is 3.03. The summed E-state index contributed by atoms with van der Waals surface area (Å²) in [6, 6.07) is 9.68. The number of benzene rings is 1. The van der Waals surface area contributed by atoms with Crippen molar-refractivity contribution in [1.29, 1.82) is 0 Å². The predicted octanol–water partition coefficient (Wildman–Crippen LogP) is 2.02. The van der Waals surface area contributed by atoms with E-state index in [0.717, 1.165) is 31.5 Å². The highest BCUT2D eigenvalue weighted by Crippen LogP contribution is 2.32. The lowest BCUT2D eigenvalue weighted by molar-refractivity contribution is 0.133. The predicted molar refractivity (Wildman–Crippen MR) is 68.6 cm³/mol. The summed E-state index contributed by atoms with van der Waals surface area (Å²) in [5.41, 5.74) is 7.92. The first-order valence-corrected chi connectivity index (χ1v) is 6.51. The zero-order valence-corrected chi connectivity index (χ0v) is 10.1. The Morgan fingerprint density at radius 1 is 1.12 bits per heavy atom. The Hall–Kier alpha value is -1.06. The van der Waals surface area contributed by atoms with Crippen LogP contribution in [0.5, 0.6) is 0 Å². The van der Waals surface area contributed by atoms with E-state index in [9.17, 15) is 0 Å². The maximum absolute atomic E-state index is 5.72. The summed E-state index contributed by atoms with van der Waals surface area (Å²) in [5, 5.41) is 0. The fourth-order valence-corrected chi connectivity index (χ4v) is 2.58. The molecule has 1 atom stereocenters. The molecule has 3 heteroatoms. The standard InChI is InChI=1S/C14H20N2O/c15-12-3-1-11(2-4-12)9-16(13-5-6-13)14-7-8-17-10-14/h1-4,13-14H,5-10,15H2. The number of nitrogen functional groups attached to an aromatic ring is 1. The molecule has 1 aromatic carbocycles. The van der Waals surface area contributed by atoms with Crippen molar-refractivity contribution >= 4 is 5.69 Å². The molecular formula is C14H20N2O. The van der Waals surface area contributed by atoms with Crippen LogP contribution in [0.3, 0.4) is 0 Å². The van der Waals surface area contributed by atoms with Crippen LogP contribution < -0.4 is 5.73 Å². The van der Waals surface area contributed by atoms with Crippen molar-refractivity contribution in [3.8, 4) is 0 Å². The molecule has 1 aliphatic heterocycles. The van der Waals surface area contributed by atoms with E-state index in [0.29, 0.717) is 6.04 Å². The lowest BCUT2D eigenvalue weighted by Gasteiger charge is -2.27. The Balaban J connectivity index is 1.69. The third-order valence-corrected chi connectivity index (χ3v) is 3.74. The molecule has 1 heterocycles. The molecule has 1 unspecified atom stereocenters. The number of ether oxygens (including phenoxy) is 1. The van der Waals surface area contributed by atoms with E-state index in [1.54, 1.807) is 0 Å². The minimum absolute atomic E-state index is 0.625. The van der Waals surface area contributed by atoms with Crippen LogP contribution in [0.15, 0.2) is 24.3 Å². The maximum atomic E-state index is 5.72. The summed E-state index contributed by atoms with van der Waals surface area (Å²) >= 11 is 0. The van der Waals surface area contributed by atoms with E-state index in [1.807, 2.05) is 12.1 Å². The average molecular weight is 232 g/mol. The molecule has 92 valence electrons. The first kappa shape index (κ1) is 11.1. The van der Waals surface area contributed by atoms with E-state index in [1.165, 1.54) is 24.8 Å². The van der Waals surface area contributed by atoms with Crippen molar-refractivity contribution in [2.75, 3.05) is 18.9 Å². The molecule has 3 rings (SSSR count). The number of nitrogens with two attached hydrogens (primary N) is 1. The summed E-state index contributed by atoms with van der Waals surface area (Å²) in [6.07, 6.45) is 3.89. The number of hydrogen-bond acceptors (Lipinski definition) is 3. The molecule has 0 aromatic heterocycles. The van der Waals surface area contributed by atoms with Crippen LogP contribution in [0.2, 0.25) is 0 Å². The van der Waals surface area contributed by atoms with E-state index in [2.05, 4.69) is 17.0 Å². The molecule has 0 radical (unpaired) electrons. The number of anilines is 1. The fraction of sp³-hybridized carbons (Fsp3) is 0.571. The van der Waals surface area contributed by atoms with Crippen LogP contribution in [0, 0.1) is 0 Å². The summed E-state index contributed by atoms with van der Waals surface area (Å²) < 4.78 is 5.51. The van der Waals surface area contributed by atoms with Crippen LogP contribution >= 0.6 is 0 Å². The van der Waals surface area contributed by atoms with Gasteiger partial charge in [0.05, 0.1) is 6.61 Å². The van der Waals surface area contributed by atoms with Gasteiger partial charge in [-0.3, -0.25) is 4.90 Å². The SMILES string of the molecule is Nc1ccc(CN(C2CC2)C2CCOC2)cc1. The quantitative estimate of drug-likeness (QED) is 0.807. The molecule has 1 saturated carbocycles. The summed E-state index contributed by atoms with van der Waals surface area (Å²) in [7, 11) is 0. The van der Waals surface area contributed by atoms with Gasteiger partial charge >= 0.3 is 0 Å². The van der Waals surface area contributed by atoms with Gasteiger partial charge in [-0.2, -0.15) is 0 Å². The van der Waals surface area contributed by atoms with Gasteiger partial charge in [0.1, 0.15) is 0 Å². The second-order valence-corrected chi connectivity index (χ2v) is 5.16. The number of rotatable bonds is 4. The molecule has 2 aliphatic rings. The van der Waals surface area contributed by atoms with Crippen LogP contribution in [0.25, 0.3) is 0 Å². The fourth-order valence-electron chi connectivity index (χ4n) is 2.58. The van der Waals surface area contributed by atoms with Crippen molar-refractivity contribution in [2.24, 2.45) is 0 Å². The molecule has 3 nitrogen and oxygen atoms in total. The van der Waals surface area contributed by atoms with Gasteiger partial charge in [-0.1, -0.05) is 12.1 Å². The van der Waals surface area contributed by atoms with E-state index >= 15 is 0 Å². The number of nitrogens with zero attached hydrogens (tertiary/aromatic N) is 1. The zero-order chi connectivity index (χ0) is 11.7. The Bertz CT molecular complexity index is 366. The largest absolute Gasteiger partial charge is 0.399 e. The summed E-state index contributed by atoms with van der Waals surface area (Å²) in [5.74, 6) is 0. The van der Waals surface area contributed by atoms with Crippen molar-refractivity contribution in [3.63, 3.8) is 0 Å². The molecule has 1 saturated heterocycles. The molecule has 2 N–H and O–H groups in total. The van der Waals surface area contributed by atoms with Gasteiger partial charge in [0.2, 0.25) is 0 Å². The van der Waals surface area contributed by atoms with Gasteiger partial charge < -0.3 is 10.5 Å². The second kappa shape index (κ2) is 4.67. The molecule has 0 spiro atoms. The van der Waals surface area contributed by atoms with Crippen molar-refractivity contribution < 1.29 is 4.74 Å². The zero-order valence-electron chi connectivity index (χ0n) is 10.1. The normalized spacial score (nSPS) is 24.4. The van der Waals surface area contributed by atoms with Gasteiger partial charge in [0.25, 0.3) is 0 Å². The smallest absolute Gasteiger partial charge is 0.0622 e. The molecule has 1 aliphatic carbocycles. The molecule has 2 fully saturated rings. The lowest BCUT2D eigenvalue weighted by Crippen LogP contribution is -2.36. The third kappa shape index (κ3) is 2.61. The minimum Gasteiger partial charge on any atom is -0.399 e. The molecule has 1 aromatic rings. The third-order valence-electron chi connectivity index (χ3n) is 3.74. The van der Waals surface area contributed by atoms with E-state index in [4.69, 9.17) is 10.5 Å². The Kier molecular flexibility index (Phi) is 3.04. The Morgan fingerprint density at radius 3 is 2.47 bits per heavy atom. The molecule has 17 heavy (non-hydrogen) atoms. The summed E-state index contributed by atoms with van der Waals surface area (Å²) in [6.45, 7) is 2.88. The highest BCUT2D eigenvalue weighted by Gasteiger charge is 2.35. The van der Waals surface area contributed by atoms with Gasteiger partial charge in [0.15, 0.2) is 0 Å². The monoisotopic (exact) mass is 232 g/mol. The topological polar surface area (TPSA) is 38.5 Å². The van der Waals surface area contributed by atoms with Crippen LogP contribution in [0.1, 0.15) is 24.8 Å². The van der Waals surface area contributed by atoms with Crippen molar-refractivity contribution in [2.45, 2.75) is 37.9 Å². The Morgan fingerprint density at radius 2 is 1.88 bits per heavy atom. The van der Waals surface area contributed by atoms with E-state index < -0.39 is 0 Å². The number of hydrogen-bond donors (Lipinski definition) is 1. The van der Waals surface area contributed by atoms with Crippen LogP contribution in [0.4, 0.5) is 5.69 Å². The van der Waals surface area contributed by atoms with Gasteiger partial charge in [-0.15, -0.1) is 0 Å². The van der Waals surface area contributed by atoms with Gasteiger partial charge in [-0.25, -0.2) is 0 Å². The summed E-state index contributed by atoms with van der Waals surface area (Å²) in [4.78, 5) is 2.62. The molecule has 0 amide bonds. The highest BCUT2D eigenvalue weighted by atomic mass is 16.5. The van der Waals surface area contributed by atoms with Crippen LogP contribution in [-0.4, -0.2) is 30.2 Å². The van der Waals surface area contributed by atoms with Gasteiger partial charge in [-0.05, 0) is 37.0 Å².